The molecule has 3 aromatic carbocycles. The Morgan fingerprint density at radius 1 is 1.05 bits per heavy atom. The normalized spacial score (nSPS) is 18.7. The van der Waals surface area contributed by atoms with Crippen molar-refractivity contribution in [1.29, 1.82) is 0 Å². The summed E-state index contributed by atoms with van der Waals surface area (Å²) in [7, 11) is 0. The van der Waals surface area contributed by atoms with Crippen LogP contribution in [-0.4, -0.2) is 42.9 Å². The molecule has 2 amide bonds. The van der Waals surface area contributed by atoms with Gasteiger partial charge in [-0.05, 0) is 92.2 Å². The number of thioether (sulfide) groups is 1. The van der Waals surface area contributed by atoms with Crippen LogP contribution in [0.4, 0.5) is 5.69 Å². The summed E-state index contributed by atoms with van der Waals surface area (Å²) in [5.41, 5.74) is 4.78. The molecular weight excluding hydrogens is 502 g/mol. The minimum atomic E-state index is -0.0531. The monoisotopic (exact) mass is 539 g/mol. The van der Waals surface area contributed by atoms with E-state index in [9.17, 15) is 9.59 Å². The number of carbonyl (C=O) groups excluding carboxylic acids is 2. The minimum Gasteiger partial charge on any atom is -0.352 e. The predicted octanol–water partition coefficient (Wildman–Crippen LogP) is 6.53. The van der Waals surface area contributed by atoms with Crippen LogP contribution >= 0.6 is 11.8 Å². The predicted molar refractivity (Wildman–Crippen MR) is 161 cm³/mol. The van der Waals surface area contributed by atoms with Gasteiger partial charge in [-0.15, -0.1) is 0 Å². The topological polar surface area (TPSA) is 52.7 Å². The second kappa shape index (κ2) is 12.7. The molecule has 2 aliphatic rings. The molecule has 1 N–H and O–H groups in total. The number of nitrogens with one attached hydrogen (secondary N) is 1. The van der Waals surface area contributed by atoms with Crippen LogP contribution in [0.2, 0.25) is 0 Å². The summed E-state index contributed by atoms with van der Waals surface area (Å²) in [4.78, 5) is 32.4. The van der Waals surface area contributed by atoms with Crippen LogP contribution in [0.15, 0.2) is 82.6 Å². The van der Waals surface area contributed by atoms with E-state index >= 15 is 0 Å². The number of hydrogen-bond acceptors (Lipinski definition) is 4. The Hall–Kier alpha value is -3.35. The maximum atomic E-state index is 13.6. The van der Waals surface area contributed by atoms with Crippen molar-refractivity contribution >= 4 is 35.3 Å². The second-order valence-electron chi connectivity index (χ2n) is 10.7. The fraction of sp³-hybridized carbons (Fsp3) is 0.333. The summed E-state index contributed by atoms with van der Waals surface area (Å²) in [6.45, 7) is 8.97. The highest BCUT2D eigenvalue weighted by atomic mass is 32.2. The van der Waals surface area contributed by atoms with Gasteiger partial charge in [0.15, 0.2) is 0 Å². The molecule has 2 heterocycles. The van der Waals surface area contributed by atoms with Crippen molar-refractivity contribution in [1.82, 2.24) is 10.2 Å². The van der Waals surface area contributed by atoms with Crippen molar-refractivity contribution in [3.05, 3.63) is 100.0 Å². The van der Waals surface area contributed by atoms with E-state index in [4.69, 9.17) is 0 Å². The number of amides is 2. The molecule has 0 aromatic heterocycles. The number of carbonyl (C=O) groups is 2. The van der Waals surface area contributed by atoms with Gasteiger partial charge >= 0.3 is 0 Å². The standard InChI is InChI=1S/C33H37N3O2S/c1-24-9-7-19-35(22-24)20-8-18-34-32(37)27-16-14-26(15-17-27)21-31-33(38)36(23-28-11-4-3-10-25(28)2)29-12-5-6-13-30(29)39-31/h3-6,10-17,21,24H,7-9,18-20,22-23H2,1-2H3,(H,34,37). The van der Waals surface area contributed by atoms with Gasteiger partial charge in [0.05, 0.1) is 17.1 Å². The average Bonchev–Trinajstić information content (AvgIpc) is 2.94. The summed E-state index contributed by atoms with van der Waals surface area (Å²) in [5.74, 6) is 0.713. The number of rotatable bonds is 8. The van der Waals surface area contributed by atoms with E-state index in [2.05, 4.69) is 42.3 Å². The Bertz CT molecular complexity index is 1350. The van der Waals surface area contributed by atoms with Crippen molar-refractivity contribution in [2.45, 2.75) is 44.6 Å². The molecule has 1 atom stereocenters. The summed E-state index contributed by atoms with van der Waals surface area (Å²) in [6.07, 6.45) is 5.49. The van der Waals surface area contributed by atoms with Crippen LogP contribution in [0.5, 0.6) is 0 Å². The number of hydrogen-bond donors (Lipinski definition) is 1. The third-order valence-corrected chi connectivity index (χ3v) is 8.65. The molecule has 1 fully saturated rings. The zero-order valence-corrected chi connectivity index (χ0v) is 23.7. The van der Waals surface area contributed by atoms with Crippen LogP contribution in [0.1, 0.15) is 53.2 Å². The van der Waals surface area contributed by atoms with Crippen molar-refractivity contribution in [2.24, 2.45) is 5.92 Å². The summed E-state index contributed by atoms with van der Waals surface area (Å²) in [5, 5.41) is 3.06. The van der Waals surface area contributed by atoms with Crippen molar-refractivity contribution < 1.29 is 9.59 Å². The second-order valence-corrected chi connectivity index (χ2v) is 11.8. The van der Waals surface area contributed by atoms with Gasteiger partial charge in [0.25, 0.3) is 11.8 Å². The van der Waals surface area contributed by atoms with Crippen LogP contribution in [0.3, 0.4) is 0 Å². The van der Waals surface area contributed by atoms with Crippen LogP contribution in [-0.2, 0) is 11.3 Å². The number of likely N-dealkylation sites (tertiary alicyclic amines) is 1. The minimum absolute atomic E-state index is 0.00753. The van der Waals surface area contributed by atoms with Crippen molar-refractivity contribution in [3.8, 4) is 0 Å². The fourth-order valence-corrected chi connectivity index (χ4v) is 6.41. The van der Waals surface area contributed by atoms with Gasteiger partial charge in [0.2, 0.25) is 0 Å². The zero-order chi connectivity index (χ0) is 27.2. The van der Waals surface area contributed by atoms with Gasteiger partial charge < -0.3 is 15.1 Å². The fourth-order valence-electron chi connectivity index (χ4n) is 5.36. The molecule has 3 aromatic rings. The van der Waals surface area contributed by atoms with E-state index in [1.807, 2.05) is 65.6 Å². The molecule has 1 saturated heterocycles. The highest BCUT2D eigenvalue weighted by Gasteiger charge is 2.29. The lowest BCUT2D eigenvalue weighted by Crippen LogP contribution is -2.36. The van der Waals surface area contributed by atoms with Gasteiger partial charge in [-0.25, -0.2) is 0 Å². The van der Waals surface area contributed by atoms with Gasteiger partial charge in [0, 0.05) is 23.5 Å². The maximum Gasteiger partial charge on any atom is 0.265 e. The van der Waals surface area contributed by atoms with Crippen LogP contribution < -0.4 is 10.2 Å². The lowest BCUT2D eigenvalue weighted by atomic mass is 10.0. The third kappa shape index (κ3) is 6.81. The summed E-state index contributed by atoms with van der Waals surface area (Å²) in [6, 6.07) is 23.7. The molecule has 2 aliphatic heterocycles. The Morgan fingerprint density at radius 2 is 1.82 bits per heavy atom. The number of fused-ring (bicyclic) bond motifs is 1. The van der Waals surface area contributed by atoms with E-state index in [-0.39, 0.29) is 11.8 Å². The van der Waals surface area contributed by atoms with Crippen molar-refractivity contribution in [3.63, 3.8) is 0 Å². The smallest absolute Gasteiger partial charge is 0.265 e. The van der Waals surface area contributed by atoms with E-state index in [1.165, 1.54) is 43.3 Å². The number of anilines is 1. The zero-order valence-electron chi connectivity index (χ0n) is 22.9. The molecule has 0 aliphatic carbocycles. The number of aryl methyl sites for hydroxylation is 1. The molecule has 6 heteroatoms. The first-order valence-corrected chi connectivity index (χ1v) is 14.7. The molecule has 1 unspecified atom stereocenters. The highest BCUT2D eigenvalue weighted by Crippen LogP contribution is 2.42. The van der Waals surface area contributed by atoms with Gasteiger partial charge in [0.1, 0.15) is 0 Å². The summed E-state index contributed by atoms with van der Waals surface area (Å²) < 4.78 is 0. The maximum absolute atomic E-state index is 13.6. The lowest BCUT2D eigenvalue weighted by molar-refractivity contribution is -0.114. The van der Waals surface area contributed by atoms with E-state index < -0.39 is 0 Å². The molecular formula is C33H37N3O2S. The SMILES string of the molecule is Cc1ccccc1CN1C(=O)C(=Cc2ccc(C(=O)NCCCN3CCCC(C)C3)cc2)Sc2ccccc21. The third-order valence-electron chi connectivity index (χ3n) is 7.57. The molecule has 39 heavy (non-hydrogen) atoms. The van der Waals surface area contributed by atoms with Gasteiger partial charge in [-0.1, -0.05) is 67.2 Å². The molecule has 202 valence electrons. The molecule has 5 nitrogen and oxygen atoms in total. The van der Waals surface area contributed by atoms with E-state index in [1.54, 1.807) is 0 Å². The first-order valence-electron chi connectivity index (χ1n) is 13.9. The average molecular weight is 540 g/mol. The summed E-state index contributed by atoms with van der Waals surface area (Å²) >= 11 is 1.50. The molecule has 5 rings (SSSR count). The number of nitrogens with zero attached hydrogens (tertiary/aromatic N) is 2. The Balaban J connectivity index is 1.23. The number of piperidine rings is 1. The van der Waals surface area contributed by atoms with Gasteiger partial charge in [-0.3, -0.25) is 9.59 Å². The Labute approximate surface area is 236 Å². The molecule has 0 bridgehead atoms. The first-order chi connectivity index (χ1) is 19.0. The van der Waals surface area contributed by atoms with Gasteiger partial charge in [-0.2, -0.15) is 0 Å². The van der Waals surface area contributed by atoms with E-state index in [0.29, 0.717) is 23.6 Å². The van der Waals surface area contributed by atoms with Crippen molar-refractivity contribution in [2.75, 3.05) is 31.1 Å². The van der Waals surface area contributed by atoms with Crippen LogP contribution in [0, 0.1) is 12.8 Å². The molecule has 0 spiro atoms. The molecule has 0 saturated carbocycles. The Kier molecular flexibility index (Phi) is 8.84. The number of benzene rings is 3. The number of para-hydroxylation sites is 1. The van der Waals surface area contributed by atoms with E-state index in [0.717, 1.165) is 40.6 Å². The quantitative estimate of drug-likeness (QED) is 0.261. The highest BCUT2D eigenvalue weighted by molar-refractivity contribution is 8.04. The largest absolute Gasteiger partial charge is 0.352 e. The lowest BCUT2D eigenvalue weighted by Gasteiger charge is -2.31. The first kappa shape index (κ1) is 27.2. The van der Waals surface area contributed by atoms with Crippen LogP contribution in [0.25, 0.3) is 6.08 Å². The molecule has 0 radical (unpaired) electrons. The Morgan fingerprint density at radius 3 is 2.62 bits per heavy atom.